The third-order valence-electron chi connectivity index (χ3n) is 1.88. The molecule has 1 atom stereocenters. The summed E-state index contributed by atoms with van der Waals surface area (Å²) in [6.07, 6.45) is -4.56. The van der Waals surface area contributed by atoms with Gasteiger partial charge in [-0.2, -0.15) is 13.2 Å². The molecule has 0 radical (unpaired) electrons. The average molecular weight is 269 g/mol. The van der Waals surface area contributed by atoms with Crippen molar-refractivity contribution in [3.8, 4) is 0 Å². The van der Waals surface area contributed by atoms with Gasteiger partial charge in [-0.1, -0.05) is 25.2 Å². The summed E-state index contributed by atoms with van der Waals surface area (Å²) in [5.74, 6) is -1.44. The molecule has 96 valence electrons. The standard InChI is InChI=1S/C8H10F3N3O2S/c1-3(2)4(5(15)16)12-7-14-13-6(17-7)8(9,10)11/h3-4H,1-2H3,(H,12,14)(H,15,16). The number of halogens is 3. The zero-order valence-corrected chi connectivity index (χ0v) is 9.76. The highest BCUT2D eigenvalue weighted by Crippen LogP contribution is 2.33. The van der Waals surface area contributed by atoms with E-state index in [2.05, 4.69) is 15.5 Å². The fourth-order valence-electron chi connectivity index (χ4n) is 1.04. The lowest BCUT2D eigenvalue weighted by molar-refractivity contribution is -0.139. The summed E-state index contributed by atoms with van der Waals surface area (Å²) in [7, 11) is 0. The molecule has 0 aromatic carbocycles. The Kier molecular flexibility index (Phi) is 3.91. The van der Waals surface area contributed by atoms with Crippen LogP contribution in [0, 0.1) is 5.92 Å². The number of hydrogen-bond donors (Lipinski definition) is 2. The summed E-state index contributed by atoms with van der Waals surface area (Å²) in [4.78, 5) is 10.8. The second kappa shape index (κ2) is 4.86. The van der Waals surface area contributed by atoms with Crippen molar-refractivity contribution >= 4 is 22.4 Å². The van der Waals surface area contributed by atoms with E-state index in [0.29, 0.717) is 0 Å². The molecule has 1 rings (SSSR count). The molecule has 0 amide bonds. The van der Waals surface area contributed by atoms with E-state index in [0.717, 1.165) is 0 Å². The molecule has 2 N–H and O–H groups in total. The Hall–Kier alpha value is -1.38. The maximum absolute atomic E-state index is 12.2. The van der Waals surface area contributed by atoms with E-state index in [-0.39, 0.29) is 22.4 Å². The molecule has 9 heteroatoms. The maximum Gasteiger partial charge on any atom is 0.445 e. The predicted molar refractivity (Wildman–Crippen MR) is 54.8 cm³/mol. The zero-order valence-electron chi connectivity index (χ0n) is 8.95. The van der Waals surface area contributed by atoms with Crippen LogP contribution in [-0.2, 0) is 11.0 Å². The van der Waals surface area contributed by atoms with Gasteiger partial charge < -0.3 is 10.4 Å². The second-order valence-electron chi connectivity index (χ2n) is 3.61. The van der Waals surface area contributed by atoms with E-state index in [1.807, 2.05) is 0 Å². The molecule has 17 heavy (non-hydrogen) atoms. The smallest absolute Gasteiger partial charge is 0.445 e. The van der Waals surface area contributed by atoms with Crippen molar-refractivity contribution in [2.75, 3.05) is 5.32 Å². The van der Waals surface area contributed by atoms with Gasteiger partial charge in [0.2, 0.25) is 10.1 Å². The Balaban J connectivity index is 2.81. The molecule has 0 spiro atoms. The summed E-state index contributed by atoms with van der Waals surface area (Å²) >= 11 is 0.281. The van der Waals surface area contributed by atoms with E-state index >= 15 is 0 Å². The lowest BCUT2D eigenvalue weighted by atomic mass is 10.1. The minimum atomic E-state index is -4.56. The first-order valence-corrected chi connectivity index (χ1v) is 5.43. The molecule has 1 heterocycles. The van der Waals surface area contributed by atoms with Crippen LogP contribution in [0.5, 0.6) is 0 Å². The number of carboxylic acids is 1. The predicted octanol–water partition coefficient (Wildman–Crippen LogP) is 2.08. The highest BCUT2D eigenvalue weighted by molar-refractivity contribution is 7.15. The molecular formula is C8H10F3N3O2S. The summed E-state index contributed by atoms with van der Waals surface area (Å²) < 4.78 is 36.7. The van der Waals surface area contributed by atoms with Gasteiger partial charge in [-0.3, -0.25) is 0 Å². The van der Waals surface area contributed by atoms with Gasteiger partial charge in [0.1, 0.15) is 6.04 Å². The third-order valence-corrected chi connectivity index (χ3v) is 2.78. The first kappa shape index (κ1) is 13.7. The van der Waals surface area contributed by atoms with E-state index < -0.39 is 23.2 Å². The Morgan fingerprint density at radius 3 is 2.35 bits per heavy atom. The first-order valence-electron chi connectivity index (χ1n) is 4.62. The molecule has 0 aliphatic carbocycles. The maximum atomic E-state index is 12.2. The fourth-order valence-corrected chi connectivity index (χ4v) is 1.69. The molecule has 1 aromatic heterocycles. The minimum Gasteiger partial charge on any atom is -0.480 e. The van der Waals surface area contributed by atoms with E-state index in [9.17, 15) is 18.0 Å². The fraction of sp³-hybridized carbons (Fsp3) is 0.625. The molecule has 0 saturated carbocycles. The molecule has 5 nitrogen and oxygen atoms in total. The van der Waals surface area contributed by atoms with Gasteiger partial charge in [0.05, 0.1) is 0 Å². The van der Waals surface area contributed by atoms with Crippen molar-refractivity contribution in [3.05, 3.63) is 5.01 Å². The number of rotatable bonds is 4. The molecule has 0 aliphatic heterocycles. The Labute approximate surface area is 98.7 Å². The van der Waals surface area contributed by atoms with E-state index in [1.54, 1.807) is 13.8 Å². The van der Waals surface area contributed by atoms with Crippen LogP contribution in [0.25, 0.3) is 0 Å². The zero-order chi connectivity index (χ0) is 13.2. The van der Waals surface area contributed by atoms with Gasteiger partial charge in [-0.15, -0.1) is 10.2 Å². The quantitative estimate of drug-likeness (QED) is 0.875. The summed E-state index contributed by atoms with van der Waals surface area (Å²) in [6.45, 7) is 3.27. The molecule has 0 saturated heterocycles. The third kappa shape index (κ3) is 3.55. The van der Waals surface area contributed by atoms with Gasteiger partial charge in [-0.25, -0.2) is 4.79 Å². The number of anilines is 1. The van der Waals surface area contributed by atoms with Gasteiger partial charge in [0.25, 0.3) is 0 Å². The Morgan fingerprint density at radius 2 is 2.00 bits per heavy atom. The SMILES string of the molecule is CC(C)C(Nc1nnc(C(F)(F)F)s1)C(=O)O. The van der Waals surface area contributed by atoms with Crippen molar-refractivity contribution in [1.29, 1.82) is 0 Å². The monoisotopic (exact) mass is 269 g/mol. The van der Waals surface area contributed by atoms with Crippen molar-refractivity contribution in [1.82, 2.24) is 10.2 Å². The minimum absolute atomic E-state index is 0.154. The number of carboxylic acid groups (broad SMARTS) is 1. The van der Waals surface area contributed by atoms with Crippen molar-refractivity contribution in [2.24, 2.45) is 5.92 Å². The van der Waals surface area contributed by atoms with Crippen LogP contribution in [0.15, 0.2) is 0 Å². The Morgan fingerprint density at radius 1 is 1.41 bits per heavy atom. The Bertz CT molecular complexity index is 405. The summed E-state index contributed by atoms with van der Waals surface area (Å²) in [6, 6.07) is -0.996. The molecular weight excluding hydrogens is 259 g/mol. The number of alkyl halides is 3. The lowest BCUT2D eigenvalue weighted by Crippen LogP contribution is -2.34. The first-order chi connectivity index (χ1) is 7.71. The normalized spacial score (nSPS) is 13.8. The molecule has 0 fully saturated rings. The summed E-state index contributed by atoms with van der Waals surface area (Å²) in [5.41, 5.74) is 0. The van der Waals surface area contributed by atoms with Crippen molar-refractivity contribution in [3.63, 3.8) is 0 Å². The average Bonchev–Trinajstić information content (AvgIpc) is 2.60. The summed E-state index contributed by atoms with van der Waals surface area (Å²) in [5, 5.41) is 16.2. The van der Waals surface area contributed by atoms with E-state index in [1.165, 1.54) is 0 Å². The lowest BCUT2D eigenvalue weighted by Gasteiger charge is -2.16. The van der Waals surface area contributed by atoms with E-state index in [4.69, 9.17) is 5.11 Å². The van der Waals surface area contributed by atoms with Crippen LogP contribution < -0.4 is 5.32 Å². The molecule has 0 aliphatic rings. The number of aliphatic carboxylic acids is 1. The molecule has 1 unspecified atom stereocenters. The van der Waals surface area contributed by atoms with Gasteiger partial charge in [0, 0.05) is 0 Å². The highest BCUT2D eigenvalue weighted by Gasteiger charge is 2.36. The van der Waals surface area contributed by atoms with Crippen LogP contribution in [0.2, 0.25) is 0 Å². The number of nitrogens with zero attached hydrogens (tertiary/aromatic N) is 2. The molecule has 1 aromatic rings. The van der Waals surface area contributed by atoms with Crippen molar-refractivity contribution in [2.45, 2.75) is 26.1 Å². The van der Waals surface area contributed by atoms with Crippen LogP contribution in [0.1, 0.15) is 18.9 Å². The van der Waals surface area contributed by atoms with Crippen LogP contribution >= 0.6 is 11.3 Å². The van der Waals surface area contributed by atoms with Crippen LogP contribution in [0.4, 0.5) is 18.3 Å². The number of hydrogen-bond acceptors (Lipinski definition) is 5. The topological polar surface area (TPSA) is 75.1 Å². The number of aromatic nitrogens is 2. The van der Waals surface area contributed by atoms with Crippen LogP contribution in [-0.4, -0.2) is 27.3 Å². The largest absolute Gasteiger partial charge is 0.480 e. The van der Waals surface area contributed by atoms with Crippen molar-refractivity contribution < 1.29 is 23.1 Å². The number of nitrogens with one attached hydrogen (secondary N) is 1. The van der Waals surface area contributed by atoms with Crippen LogP contribution in [0.3, 0.4) is 0 Å². The highest BCUT2D eigenvalue weighted by atomic mass is 32.1. The van der Waals surface area contributed by atoms with Gasteiger partial charge in [-0.05, 0) is 5.92 Å². The molecule has 0 bridgehead atoms. The number of carbonyl (C=O) groups is 1. The van der Waals surface area contributed by atoms with Gasteiger partial charge in [0.15, 0.2) is 0 Å². The second-order valence-corrected chi connectivity index (χ2v) is 4.59. The van der Waals surface area contributed by atoms with Gasteiger partial charge >= 0.3 is 12.1 Å².